The second kappa shape index (κ2) is 10.6. The molecule has 0 saturated heterocycles. The molecule has 0 fully saturated rings. The molecule has 0 aliphatic heterocycles. The zero-order valence-corrected chi connectivity index (χ0v) is 19.2. The fourth-order valence-electron chi connectivity index (χ4n) is 3.49. The Hall–Kier alpha value is -4.27. The summed E-state index contributed by atoms with van der Waals surface area (Å²) < 4.78 is 11.1. The molecule has 6 heteroatoms. The number of carbonyl (C=O) groups excluding carboxylic acids is 1. The molecule has 0 atom stereocenters. The van der Waals surface area contributed by atoms with E-state index in [1.165, 1.54) is 6.08 Å². The number of anilines is 1. The highest BCUT2D eigenvalue weighted by molar-refractivity contribution is 6.32. The number of carbonyl (C=O) groups is 1. The summed E-state index contributed by atoms with van der Waals surface area (Å²) in [6.45, 7) is 0.365. The maximum absolute atomic E-state index is 12.5. The maximum Gasteiger partial charge on any atom is 0.266 e. The van der Waals surface area contributed by atoms with Crippen LogP contribution in [0.2, 0.25) is 5.02 Å². The molecule has 0 spiro atoms. The molecule has 0 heterocycles. The molecule has 168 valence electrons. The smallest absolute Gasteiger partial charge is 0.266 e. The zero-order chi connectivity index (χ0) is 23.9. The van der Waals surface area contributed by atoms with Crippen LogP contribution in [-0.2, 0) is 11.4 Å². The van der Waals surface area contributed by atoms with E-state index in [0.717, 1.165) is 16.3 Å². The van der Waals surface area contributed by atoms with Gasteiger partial charge in [0.25, 0.3) is 5.91 Å². The van der Waals surface area contributed by atoms with Crippen molar-refractivity contribution in [1.82, 2.24) is 0 Å². The summed E-state index contributed by atoms with van der Waals surface area (Å²) in [5.41, 5.74) is 2.18. The van der Waals surface area contributed by atoms with Crippen LogP contribution in [0.15, 0.2) is 90.5 Å². The van der Waals surface area contributed by atoms with E-state index in [1.807, 2.05) is 30.3 Å². The number of amides is 1. The molecule has 0 aromatic heterocycles. The summed E-state index contributed by atoms with van der Waals surface area (Å²) in [4.78, 5) is 12.5. The molecule has 0 saturated carbocycles. The number of nitrogens with zero attached hydrogens (tertiary/aromatic N) is 1. The molecule has 4 rings (SSSR count). The minimum atomic E-state index is -0.514. The Kier molecular flexibility index (Phi) is 7.12. The maximum atomic E-state index is 12.5. The minimum absolute atomic E-state index is 0.0451. The molecule has 0 bridgehead atoms. The van der Waals surface area contributed by atoms with Gasteiger partial charge in [0.1, 0.15) is 29.7 Å². The molecule has 34 heavy (non-hydrogen) atoms. The highest BCUT2D eigenvalue weighted by atomic mass is 35.5. The first-order chi connectivity index (χ1) is 16.6. The molecule has 0 aliphatic rings. The largest absolute Gasteiger partial charge is 0.497 e. The number of rotatable bonds is 7. The Labute approximate surface area is 202 Å². The summed E-state index contributed by atoms with van der Waals surface area (Å²) in [6, 6.07) is 28.1. The predicted molar refractivity (Wildman–Crippen MR) is 135 cm³/mol. The van der Waals surface area contributed by atoms with Crippen LogP contribution in [0, 0.1) is 11.3 Å². The first-order valence-electron chi connectivity index (χ1n) is 10.5. The van der Waals surface area contributed by atoms with Crippen molar-refractivity contribution in [2.24, 2.45) is 0 Å². The quantitative estimate of drug-likeness (QED) is 0.244. The second-order valence-corrected chi connectivity index (χ2v) is 7.88. The number of hydrogen-bond donors (Lipinski definition) is 1. The summed E-state index contributed by atoms with van der Waals surface area (Å²) in [6.07, 6.45) is 1.49. The lowest BCUT2D eigenvalue weighted by molar-refractivity contribution is -0.112. The fraction of sp³-hybridized carbons (Fsp3) is 0.0714. The molecule has 1 amide bonds. The van der Waals surface area contributed by atoms with E-state index >= 15 is 0 Å². The average Bonchev–Trinajstić information content (AvgIpc) is 2.87. The van der Waals surface area contributed by atoms with Crippen molar-refractivity contribution in [3.05, 3.63) is 107 Å². The third kappa shape index (κ3) is 5.37. The summed E-state index contributed by atoms with van der Waals surface area (Å²) >= 11 is 6.43. The van der Waals surface area contributed by atoms with Gasteiger partial charge in [-0.15, -0.1) is 0 Å². The lowest BCUT2D eigenvalue weighted by Crippen LogP contribution is -2.13. The average molecular weight is 469 g/mol. The molecule has 4 aromatic rings. The van der Waals surface area contributed by atoms with Gasteiger partial charge in [-0.1, -0.05) is 60.1 Å². The van der Waals surface area contributed by atoms with Crippen LogP contribution in [0.1, 0.15) is 11.1 Å². The van der Waals surface area contributed by atoms with Gasteiger partial charge in [-0.2, -0.15) is 5.26 Å². The number of nitrogens with one attached hydrogen (secondary N) is 1. The predicted octanol–water partition coefficient (Wildman–Crippen LogP) is 6.63. The van der Waals surface area contributed by atoms with Crippen LogP contribution >= 0.6 is 11.6 Å². The number of fused-ring (bicyclic) bond motifs is 1. The minimum Gasteiger partial charge on any atom is -0.497 e. The molecule has 5 nitrogen and oxygen atoms in total. The second-order valence-electron chi connectivity index (χ2n) is 7.47. The first-order valence-corrected chi connectivity index (χ1v) is 10.9. The van der Waals surface area contributed by atoms with Gasteiger partial charge < -0.3 is 14.8 Å². The van der Waals surface area contributed by atoms with Gasteiger partial charge in [0.15, 0.2) is 0 Å². The Morgan fingerprint density at radius 2 is 1.79 bits per heavy atom. The standard InChI is InChI=1S/C28H21ClN2O3/c1-33-24-12-10-23(11-13-24)31-28(32)22(17-30)15-19-9-14-27(26(29)16-19)34-18-21-7-4-6-20-5-2-3-8-25(20)21/h2-16H,18H2,1H3,(H,31,32)/b22-15+. The zero-order valence-electron chi connectivity index (χ0n) is 18.4. The van der Waals surface area contributed by atoms with Crippen LogP contribution in [-0.4, -0.2) is 13.0 Å². The van der Waals surface area contributed by atoms with Gasteiger partial charge in [0, 0.05) is 5.69 Å². The van der Waals surface area contributed by atoms with E-state index in [0.29, 0.717) is 34.4 Å². The molecule has 0 aliphatic carbocycles. The summed E-state index contributed by atoms with van der Waals surface area (Å²) in [5, 5.41) is 14.8. The van der Waals surface area contributed by atoms with Gasteiger partial charge in [0.2, 0.25) is 0 Å². The Morgan fingerprint density at radius 3 is 2.53 bits per heavy atom. The monoisotopic (exact) mass is 468 g/mol. The normalized spacial score (nSPS) is 11.0. The Morgan fingerprint density at radius 1 is 1.03 bits per heavy atom. The van der Waals surface area contributed by atoms with Gasteiger partial charge in [-0.25, -0.2) is 0 Å². The van der Waals surface area contributed by atoms with E-state index in [1.54, 1.807) is 49.6 Å². The van der Waals surface area contributed by atoms with Crippen molar-refractivity contribution in [2.75, 3.05) is 12.4 Å². The topological polar surface area (TPSA) is 71.3 Å². The number of methoxy groups -OCH3 is 1. The number of nitriles is 1. The van der Waals surface area contributed by atoms with Gasteiger partial charge in [0.05, 0.1) is 12.1 Å². The molecule has 1 N–H and O–H groups in total. The number of benzene rings is 4. The lowest BCUT2D eigenvalue weighted by atomic mass is 10.1. The van der Waals surface area contributed by atoms with Crippen LogP contribution in [0.25, 0.3) is 16.8 Å². The fourth-order valence-corrected chi connectivity index (χ4v) is 3.73. The van der Waals surface area contributed by atoms with Crippen molar-refractivity contribution in [1.29, 1.82) is 5.26 Å². The summed E-state index contributed by atoms with van der Waals surface area (Å²) in [7, 11) is 1.56. The van der Waals surface area contributed by atoms with Crippen LogP contribution < -0.4 is 14.8 Å². The van der Waals surface area contributed by atoms with Crippen LogP contribution in [0.5, 0.6) is 11.5 Å². The van der Waals surface area contributed by atoms with E-state index in [-0.39, 0.29) is 5.57 Å². The highest BCUT2D eigenvalue weighted by Gasteiger charge is 2.11. The molecule has 0 radical (unpaired) electrons. The van der Waals surface area contributed by atoms with Gasteiger partial charge >= 0.3 is 0 Å². The number of halogens is 1. The molecular weight excluding hydrogens is 448 g/mol. The number of ether oxygens (including phenoxy) is 2. The Balaban J connectivity index is 1.46. The molecular formula is C28H21ClN2O3. The third-order valence-corrected chi connectivity index (χ3v) is 5.54. The van der Waals surface area contributed by atoms with E-state index in [4.69, 9.17) is 21.1 Å². The third-order valence-electron chi connectivity index (χ3n) is 5.24. The molecule has 4 aromatic carbocycles. The van der Waals surface area contributed by atoms with Crippen molar-refractivity contribution in [3.63, 3.8) is 0 Å². The lowest BCUT2D eigenvalue weighted by Gasteiger charge is -2.11. The first kappa shape index (κ1) is 22.9. The number of hydrogen-bond acceptors (Lipinski definition) is 4. The van der Waals surface area contributed by atoms with Crippen LogP contribution in [0.3, 0.4) is 0 Å². The SMILES string of the molecule is COc1ccc(NC(=O)/C(C#N)=C/c2ccc(OCc3cccc4ccccc34)c(Cl)c2)cc1. The summed E-state index contributed by atoms with van der Waals surface area (Å²) in [5.74, 6) is 0.680. The van der Waals surface area contributed by atoms with E-state index in [2.05, 4.69) is 23.5 Å². The van der Waals surface area contributed by atoms with Crippen molar-refractivity contribution in [2.45, 2.75) is 6.61 Å². The van der Waals surface area contributed by atoms with Gasteiger partial charge in [-0.05, 0) is 64.4 Å². The molecule has 0 unspecified atom stereocenters. The van der Waals surface area contributed by atoms with Gasteiger partial charge in [-0.3, -0.25) is 4.79 Å². The van der Waals surface area contributed by atoms with E-state index in [9.17, 15) is 10.1 Å². The van der Waals surface area contributed by atoms with E-state index < -0.39 is 5.91 Å². The van der Waals surface area contributed by atoms with Crippen molar-refractivity contribution in [3.8, 4) is 17.6 Å². The Bertz CT molecular complexity index is 1400. The van der Waals surface area contributed by atoms with Crippen LogP contribution in [0.4, 0.5) is 5.69 Å². The van der Waals surface area contributed by atoms with Crippen molar-refractivity contribution >= 4 is 40.0 Å². The van der Waals surface area contributed by atoms with Crippen molar-refractivity contribution < 1.29 is 14.3 Å². The highest BCUT2D eigenvalue weighted by Crippen LogP contribution is 2.28.